The zero-order valence-corrected chi connectivity index (χ0v) is 16.5. The molecule has 31 heavy (non-hydrogen) atoms. The highest BCUT2D eigenvalue weighted by molar-refractivity contribution is 6.03. The fourth-order valence-corrected chi connectivity index (χ4v) is 3.30. The second kappa shape index (κ2) is 8.08. The van der Waals surface area contributed by atoms with Gasteiger partial charge in [0, 0.05) is 18.0 Å². The summed E-state index contributed by atoms with van der Waals surface area (Å²) < 4.78 is 3.38. The van der Waals surface area contributed by atoms with Crippen LogP contribution in [0.25, 0.3) is 22.8 Å². The second-order valence-corrected chi connectivity index (χ2v) is 6.79. The van der Waals surface area contributed by atoms with E-state index in [1.165, 1.54) is 0 Å². The van der Waals surface area contributed by atoms with E-state index in [9.17, 15) is 4.79 Å². The number of carbonyl (C=O) groups excluding carboxylic acids is 1. The molecule has 5 aromatic rings. The van der Waals surface area contributed by atoms with Gasteiger partial charge in [-0.05, 0) is 30.3 Å². The van der Waals surface area contributed by atoms with Gasteiger partial charge in [-0.3, -0.25) is 4.79 Å². The van der Waals surface area contributed by atoms with Crippen molar-refractivity contribution >= 4 is 11.6 Å². The van der Waals surface area contributed by atoms with Crippen molar-refractivity contribution in [1.29, 1.82) is 0 Å². The van der Waals surface area contributed by atoms with Crippen LogP contribution in [-0.4, -0.2) is 30.5 Å². The van der Waals surface area contributed by atoms with E-state index < -0.39 is 5.91 Å². The van der Waals surface area contributed by atoms with Gasteiger partial charge < -0.3 is 5.32 Å². The Bertz CT molecular complexity index is 1250. The van der Waals surface area contributed by atoms with Crippen LogP contribution in [0.1, 0.15) is 10.6 Å². The van der Waals surface area contributed by atoms with Gasteiger partial charge in [0.25, 0.3) is 5.91 Å². The molecule has 1 N–H and O–H groups in total. The van der Waals surface area contributed by atoms with E-state index in [0.29, 0.717) is 11.5 Å². The monoisotopic (exact) mass is 406 g/mol. The fourth-order valence-electron chi connectivity index (χ4n) is 3.30. The molecule has 0 bridgehead atoms. The molecule has 0 unspecified atom stereocenters. The van der Waals surface area contributed by atoms with Gasteiger partial charge in [0.2, 0.25) is 5.82 Å². The quantitative estimate of drug-likeness (QED) is 0.470. The summed E-state index contributed by atoms with van der Waals surface area (Å²) in [5.74, 6) is 0.279. The maximum Gasteiger partial charge on any atom is 0.295 e. The van der Waals surface area contributed by atoms with Gasteiger partial charge in [0.05, 0.1) is 17.1 Å². The molecule has 0 saturated heterocycles. The molecule has 150 valence electrons. The number of anilines is 1. The number of amides is 1. The van der Waals surface area contributed by atoms with Crippen LogP contribution in [0.5, 0.6) is 0 Å². The molecule has 0 aliphatic heterocycles. The Morgan fingerprint density at radius 3 is 2.26 bits per heavy atom. The maximum atomic E-state index is 13.1. The van der Waals surface area contributed by atoms with E-state index in [-0.39, 0.29) is 5.82 Å². The number of hydrogen-bond acceptors (Lipinski definition) is 4. The van der Waals surface area contributed by atoms with Crippen LogP contribution < -0.4 is 5.32 Å². The van der Waals surface area contributed by atoms with E-state index >= 15 is 0 Å². The third-order valence-electron chi connectivity index (χ3n) is 4.75. The molecule has 7 nitrogen and oxygen atoms in total. The lowest BCUT2D eigenvalue weighted by Gasteiger charge is -2.09. The Balaban J connectivity index is 1.53. The highest BCUT2D eigenvalue weighted by Gasteiger charge is 2.20. The number of benzene rings is 3. The van der Waals surface area contributed by atoms with Gasteiger partial charge in [-0.2, -0.15) is 5.10 Å². The lowest BCUT2D eigenvalue weighted by Crippen LogP contribution is -2.16. The second-order valence-electron chi connectivity index (χ2n) is 6.79. The molecule has 1 amide bonds. The van der Waals surface area contributed by atoms with Crippen molar-refractivity contribution in [2.24, 2.45) is 0 Å². The van der Waals surface area contributed by atoms with Crippen molar-refractivity contribution in [3.8, 4) is 22.8 Å². The van der Waals surface area contributed by atoms with Crippen LogP contribution in [0.2, 0.25) is 0 Å². The van der Waals surface area contributed by atoms with Crippen molar-refractivity contribution in [1.82, 2.24) is 24.5 Å². The van der Waals surface area contributed by atoms with Crippen LogP contribution in [0, 0.1) is 0 Å². The minimum Gasteiger partial charge on any atom is -0.317 e. The molecule has 2 aromatic heterocycles. The molecule has 0 aliphatic rings. The molecule has 0 saturated carbocycles. The lowest BCUT2D eigenvalue weighted by molar-refractivity contribution is 0.101. The number of aromatic nitrogens is 5. The molecule has 2 heterocycles. The Morgan fingerprint density at radius 1 is 0.806 bits per heavy atom. The summed E-state index contributed by atoms with van der Waals surface area (Å²) in [6, 6.07) is 28.6. The Hall–Kier alpha value is -4.52. The first-order valence-electron chi connectivity index (χ1n) is 9.78. The maximum absolute atomic E-state index is 13.1. The predicted octanol–water partition coefficient (Wildman–Crippen LogP) is 4.37. The predicted molar refractivity (Wildman–Crippen MR) is 118 cm³/mol. The number of para-hydroxylation sites is 3. The van der Waals surface area contributed by atoms with Crippen LogP contribution in [0.3, 0.4) is 0 Å². The Morgan fingerprint density at radius 2 is 1.52 bits per heavy atom. The van der Waals surface area contributed by atoms with Gasteiger partial charge in [-0.1, -0.05) is 60.7 Å². The topological polar surface area (TPSA) is 77.6 Å². The number of nitrogens with one attached hydrogen (secondary N) is 1. The summed E-state index contributed by atoms with van der Waals surface area (Å²) in [7, 11) is 0. The molecular weight excluding hydrogens is 388 g/mol. The summed E-state index contributed by atoms with van der Waals surface area (Å²) >= 11 is 0. The van der Waals surface area contributed by atoms with Crippen LogP contribution in [-0.2, 0) is 0 Å². The minimum absolute atomic E-state index is 0.0815. The van der Waals surface area contributed by atoms with Gasteiger partial charge >= 0.3 is 0 Å². The first kappa shape index (κ1) is 18.5. The summed E-state index contributed by atoms with van der Waals surface area (Å²) in [5.41, 5.74) is 3.07. The van der Waals surface area contributed by atoms with Crippen molar-refractivity contribution in [3.63, 3.8) is 0 Å². The van der Waals surface area contributed by atoms with E-state index in [1.807, 2.05) is 97.2 Å². The first-order chi connectivity index (χ1) is 15.3. The highest BCUT2D eigenvalue weighted by atomic mass is 16.2. The molecule has 0 radical (unpaired) electrons. The largest absolute Gasteiger partial charge is 0.317 e. The van der Waals surface area contributed by atoms with E-state index in [0.717, 1.165) is 16.9 Å². The molecule has 7 heteroatoms. The number of hydrogen-bond donors (Lipinski definition) is 1. The minimum atomic E-state index is -0.397. The number of nitrogens with zero attached hydrogens (tertiary/aromatic N) is 5. The van der Waals surface area contributed by atoms with Crippen LogP contribution >= 0.6 is 0 Å². The SMILES string of the molecule is O=C(Nc1ccccc1-n1cccn1)c1nc(-c2ccccc2)n(-c2ccccc2)n1. The fraction of sp³-hybridized carbons (Fsp3) is 0. The average molecular weight is 406 g/mol. The molecule has 0 spiro atoms. The van der Waals surface area contributed by atoms with E-state index in [4.69, 9.17) is 0 Å². The highest BCUT2D eigenvalue weighted by Crippen LogP contribution is 2.23. The zero-order chi connectivity index (χ0) is 21.0. The van der Waals surface area contributed by atoms with E-state index in [2.05, 4.69) is 20.5 Å². The zero-order valence-electron chi connectivity index (χ0n) is 16.5. The molecule has 3 aromatic carbocycles. The number of carbonyl (C=O) groups is 1. The third-order valence-corrected chi connectivity index (χ3v) is 4.75. The Labute approximate surface area is 178 Å². The van der Waals surface area contributed by atoms with Crippen LogP contribution in [0.4, 0.5) is 5.69 Å². The van der Waals surface area contributed by atoms with Crippen LogP contribution in [0.15, 0.2) is 103 Å². The van der Waals surface area contributed by atoms with Gasteiger partial charge in [0.1, 0.15) is 0 Å². The van der Waals surface area contributed by atoms with Gasteiger partial charge in [0.15, 0.2) is 5.82 Å². The molecule has 0 fully saturated rings. The first-order valence-corrected chi connectivity index (χ1v) is 9.78. The standard InChI is InChI=1S/C24H18N6O/c31-24(26-20-14-7-8-15-21(20)29-17-9-16-25-29)22-27-23(18-10-3-1-4-11-18)30(28-22)19-12-5-2-6-13-19/h1-17H,(H,26,31). The Kier molecular flexibility index (Phi) is 4.82. The summed E-state index contributed by atoms with van der Waals surface area (Å²) in [6.45, 7) is 0. The number of rotatable bonds is 5. The summed E-state index contributed by atoms with van der Waals surface area (Å²) in [5, 5.41) is 11.7. The molecule has 5 rings (SSSR count). The van der Waals surface area contributed by atoms with Gasteiger partial charge in [-0.15, -0.1) is 5.10 Å². The normalized spacial score (nSPS) is 10.7. The average Bonchev–Trinajstić information content (AvgIpc) is 3.51. The smallest absolute Gasteiger partial charge is 0.295 e. The van der Waals surface area contributed by atoms with Crippen molar-refractivity contribution in [2.45, 2.75) is 0 Å². The van der Waals surface area contributed by atoms with Crippen molar-refractivity contribution < 1.29 is 4.79 Å². The van der Waals surface area contributed by atoms with Crippen molar-refractivity contribution in [2.75, 3.05) is 5.32 Å². The van der Waals surface area contributed by atoms with Gasteiger partial charge in [-0.25, -0.2) is 14.3 Å². The third kappa shape index (κ3) is 3.72. The molecular formula is C24H18N6O. The summed E-state index contributed by atoms with van der Waals surface area (Å²) in [4.78, 5) is 17.6. The van der Waals surface area contributed by atoms with Crippen molar-refractivity contribution in [3.05, 3.63) is 109 Å². The molecule has 0 aliphatic carbocycles. The van der Waals surface area contributed by atoms with E-state index in [1.54, 1.807) is 15.6 Å². The molecule has 0 atom stereocenters. The summed E-state index contributed by atoms with van der Waals surface area (Å²) in [6.07, 6.45) is 3.51. The lowest BCUT2D eigenvalue weighted by atomic mass is 10.2.